The molecule has 3 rings (SSSR count). The molecule has 1 atom stereocenters. The van der Waals surface area contributed by atoms with E-state index in [1.165, 1.54) is 0 Å². The van der Waals surface area contributed by atoms with Gasteiger partial charge in [-0.1, -0.05) is 25.4 Å². The van der Waals surface area contributed by atoms with Gasteiger partial charge >= 0.3 is 0 Å². The molecule has 8 heteroatoms. The highest BCUT2D eigenvalue weighted by molar-refractivity contribution is 6.32. The van der Waals surface area contributed by atoms with Crippen LogP contribution < -0.4 is 20.6 Å². The molecule has 2 aromatic rings. The van der Waals surface area contributed by atoms with Gasteiger partial charge in [-0.3, -0.25) is 4.79 Å². The SMILES string of the molecule is COCCCOc1cc2c(cc1Cl)-c1cc(=O)c(N)cn1[C@H](C(C)C)CO2.Cl. The molecule has 1 aromatic carbocycles. The molecule has 0 spiro atoms. The Morgan fingerprint density at radius 1 is 1.32 bits per heavy atom. The average Bonchev–Trinajstić information content (AvgIpc) is 2.76. The summed E-state index contributed by atoms with van der Waals surface area (Å²) in [6, 6.07) is 5.17. The number of benzene rings is 1. The molecule has 0 aliphatic carbocycles. The fourth-order valence-electron chi connectivity index (χ4n) is 3.18. The third-order valence-electron chi connectivity index (χ3n) is 4.71. The molecule has 0 saturated heterocycles. The van der Waals surface area contributed by atoms with Gasteiger partial charge in [0.25, 0.3) is 0 Å². The Kier molecular flexibility index (Phi) is 7.63. The number of nitrogen functional groups attached to an aromatic ring is 1. The summed E-state index contributed by atoms with van der Waals surface area (Å²) in [5.41, 5.74) is 7.38. The number of halogens is 2. The van der Waals surface area contributed by atoms with Gasteiger partial charge in [-0.25, -0.2) is 0 Å². The van der Waals surface area contributed by atoms with Crippen molar-refractivity contribution in [1.82, 2.24) is 4.57 Å². The molecule has 1 aliphatic heterocycles. The molecule has 0 bridgehead atoms. The van der Waals surface area contributed by atoms with Crippen LogP contribution in [0.25, 0.3) is 11.3 Å². The molecule has 0 radical (unpaired) electrons. The highest BCUT2D eigenvalue weighted by Gasteiger charge is 2.26. The number of nitrogens with zero attached hydrogens (tertiary/aromatic N) is 1. The van der Waals surface area contributed by atoms with Gasteiger partial charge < -0.3 is 24.5 Å². The summed E-state index contributed by atoms with van der Waals surface area (Å²) in [5, 5.41) is 0.466. The molecular formula is C20H26Cl2N2O4. The minimum absolute atomic E-state index is 0. The fraction of sp³-hybridized carbons (Fsp3) is 0.450. The van der Waals surface area contributed by atoms with Gasteiger partial charge in [0.2, 0.25) is 5.43 Å². The Labute approximate surface area is 175 Å². The van der Waals surface area contributed by atoms with Crippen LogP contribution in [0.2, 0.25) is 5.02 Å². The summed E-state index contributed by atoms with van der Waals surface area (Å²) in [6.45, 7) is 5.80. The molecule has 2 heterocycles. The van der Waals surface area contributed by atoms with E-state index in [1.807, 2.05) is 4.57 Å². The van der Waals surface area contributed by atoms with E-state index in [2.05, 4.69) is 13.8 Å². The zero-order valence-electron chi connectivity index (χ0n) is 16.2. The maximum absolute atomic E-state index is 12.2. The zero-order valence-corrected chi connectivity index (χ0v) is 17.8. The normalized spacial score (nSPS) is 15.1. The number of nitrogens with two attached hydrogens (primary N) is 1. The summed E-state index contributed by atoms with van der Waals surface area (Å²) >= 11 is 6.44. The van der Waals surface area contributed by atoms with Crippen LogP contribution in [0.15, 0.2) is 29.2 Å². The van der Waals surface area contributed by atoms with Crippen LogP contribution in [-0.2, 0) is 4.74 Å². The predicted octanol–water partition coefficient (Wildman–Crippen LogP) is 4.18. The van der Waals surface area contributed by atoms with E-state index in [0.29, 0.717) is 42.3 Å². The monoisotopic (exact) mass is 428 g/mol. The Morgan fingerprint density at radius 2 is 2.07 bits per heavy atom. The van der Waals surface area contributed by atoms with Crippen LogP contribution in [0.3, 0.4) is 0 Å². The van der Waals surface area contributed by atoms with Crippen molar-refractivity contribution in [2.45, 2.75) is 26.3 Å². The van der Waals surface area contributed by atoms with E-state index in [-0.39, 0.29) is 29.6 Å². The van der Waals surface area contributed by atoms with Gasteiger partial charge in [-0.05, 0) is 12.0 Å². The minimum atomic E-state index is -0.215. The summed E-state index contributed by atoms with van der Waals surface area (Å²) in [7, 11) is 1.65. The van der Waals surface area contributed by atoms with Crippen molar-refractivity contribution in [3.8, 4) is 22.8 Å². The molecule has 6 nitrogen and oxygen atoms in total. The molecule has 154 valence electrons. The average molecular weight is 429 g/mol. The molecule has 1 aliphatic rings. The Morgan fingerprint density at radius 3 is 2.75 bits per heavy atom. The molecule has 0 amide bonds. The van der Waals surface area contributed by atoms with E-state index in [4.69, 9.17) is 31.5 Å². The molecule has 28 heavy (non-hydrogen) atoms. The largest absolute Gasteiger partial charge is 0.492 e. The number of rotatable bonds is 6. The first-order valence-corrected chi connectivity index (χ1v) is 9.40. The predicted molar refractivity (Wildman–Crippen MR) is 114 cm³/mol. The van der Waals surface area contributed by atoms with Gasteiger partial charge in [0.15, 0.2) is 0 Å². The van der Waals surface area contributed by atoms with E-state index >= 15 is 0 Å². The highest BCUT2D eigenvalue weighted by atomic mass is 35.5. The highest BCUT2D eigenvalue weighted by Crippen LogP contribution is 2.42. The Balaban J connectivity index is 0.00000280. The van der Waals surface area contributed by atoms with Gasteiger partial charge in [0, 0.05) is 44.0 Å². The van der Waals surface area contributed by atoms with Crippen LogP contribution in [0.5, 0.6) is 11.5 Å². The van der Waals surface area contributed by atoms with E-state index in [0.717, 1.165) is 17.7 Å². The molecule has 0 fully saturated rings. The molecule has 0 unspecified atom stereocenters. The number of pyridine rings is 1. The number of methoxy groups -OCH3 is 1. The second kappa shape index (κ2) is 9.54. The maximum atomic E-state index is 12.2. The molecule has 1 aromatic heterocycles. The van der Waals surface area contributed by atoms with Crippen LogP contribution in [0.1, 0.15) is 26.3 Å². The van der Waals surface area contributed by atoms with E-state index < -0.39 is 0 Å². The molecular weight excluding hydrogens is 403 g/mol. The van der Waals surface area contributed by atoms with Gasteiger partial charge in [0.1, 0.15) is 18.1 Å². The Bertz CT molecular complexity index is 883. The minimum Gasteiger partial charge on any atom is -0.492 e. The standard InChI is InChI=1S/C20H25ClN2O4.ClH/c1-12(2)17-11-27-19-9-20(26-6-4-5-25-3)14(21)7-13(19)16-8-18(24)15(22)10-23(16)17;/h7-10,12,17H,4-6,11,22H2,1-3H3;1H/t17-;/m0./s1. The summed E-state index contributed by atoms with van der Waals surface area (Å²) in [6.07, 6.45) is 2.46. The van der Waals surface area contributed by atoms with E-state index in [1.54, 1.807) is 31.5 Å². The smallest absolute Gasteiger partial charge is 0.205 e. The molecule has 0 saturated carbocycles. The summed E-state index contributed by atoms with van der Waals surface area (Å²) in [5.74, 6) is 1.49. The fourth-order valence-corrected chi connectivity index (χ4v) is 3.39. The van der Waals surface area contributed by atoms with Gasteiger partial charge in [0.05, 0.1) is 29.1 Å². The number of ether oxygens (including phenoxy) is 3. The van der Waals surface area contributed by atoms with Crippen molar-refractivity contribution in [1.29, 1.82) is 0 Å². The first-order valence-electron chi connectivity index (χ1n) is 9.02. The van der Waals surface area contributed by atoms with Gasteiger partial charge in [-0.2, -0.15) is 0 Å². The van der Waals surface area contributed by atoms with Crippen molar-refractivity contribution in [2.24, 2.45) is 5.92 Å². The van der Waals surface area contributed by atoms with Crippen LogP contribution in [0, 0.1) is 5.92 Å². The van der Waals surface area contributed by atoms with Crippen LogP contribution >= 0.6 is 24.0 Å². The zero-order chi connectivity index (χ0) is 19.6. The van der Waals surface area contributed by atoms with Crippen molar-refractivity contribution < 1.29 is 14.2 Å². The number of hydrogen-bond donors (Lipinski definition) is 1. The van der Waals surface area contributed by atoms with Crippen LogP contribution in [-0.4, -0.2) is 31.5 Å². The third kappa shape index (κ3) is 4.57. The first-order chi connectivity index (χ1) is 12.9. The lowest BCUT2D eigenvalue weighted by atomic mass is 10.0. The first kappa shape index (κ1) is 22.4. The second-order valence-electron chi connectivity index (χ2n) is 6.98. The Hall–Kier alpha value is -1.89. The second-order valence-corrected chi connectivity index (χ2v) is 7.39. The summed E-state index contributed by atoms with van der Waals surface area (Å²) in [4.78, 5) is 12.2. The van der Waals surface area contributed by atoms with Gasteiger partial charge in [-0.15, -0.1) is 12.4 Å². The van der Waals surface area contributed by atoms with Crippen molar-refractivity contribution in [3.05, 3.63) is 39.6 Å². The summed E-state index contributed by atoms with van der Waals surface area (Å²) < 4.78 is 18.9. The van der Waals surface area contributed by atoms with Crippen molar-refractivity contribution >= 4 is 29.7 Å². The van der Waals surface area contributed by atoms with E-state index in [9.17, 15) is 4.79 Å². The number of aromatic nitrogens is 1. The maximum Gasteiger partial charge on any atom is 0.205 e. The number of hydrogen-bond acceptors (Lipinski definition) is 5. The quantitative estimate of drug-likeness (QED) is 0.698. The molecule has 2 N–H and O–H groups in total. The van der Waals surface area contributed by atoms with Crippen LogP contribution in [0.4, 0.5) is 5.69 Å². The lowest BCUT2D eigenvalue weighted by Crippen LogP contribution is -2.24. The van der Waals surface area contributed by atoms with Crippen molar-refractivity contribution in [3.63, 3.8) is 0 Å². The third-order valence-corrected chi connectivity index (χ3v) is 5.00. The number of anilines is 1. The lowest BCUT2D eigenvalue weighted by Gasteiger charge is -2.24. The topological polar surface area (TPSA) is 75.7 Å². The number of fused-ring (bicyclic) bond motifs is 3. The van der Waals surface area contributed by atoms with Crippen molar-refractivity contribution in [2.75, 3.05) is 32.7 Å². The lowest BCUT2D eigenvalue weighted by molar-refractivity contribution is 0.172.